The molecule has 0 radical (unpaired) electrons. The first-order valence-corrected chi connectivity index (χ1v) is 18.5. The van der Waals surface area contributed by atoms with E-state index in [-0.39, 0.29) is 36.4 Å². The van der Waals surface area contributed by atoms with E-state index in [2.05, 4.69) is 9.80 Å². The number of primary amides is 1. The van der Waals surface area contributed by atoms with Crippen LogP contribution in [-0.2, 0) is 40.5 Å². The van der Waals surface area contributed by atoms with Gasteiger partial charge in [-0.05, 0) is 50.9 Å². The molecule has 0 saturated carbocycles. The zero-order valence-electron chi connectivity index (χ0n) is 25.9. The molecule has 4 heterocycles. The van der Waals surface area contributed by atoms with Crippen molar-refractivity contribution in [3.63, 3.8) is 0 Å². The van der Waals surface area contributed by atoms with E-state index >= 15 is 0 Å². The zero-order valence-corrected chi connectivity index (χ0v) is 27.5. The van der Waals surface area contributed by atoms with Crippen LogP contribution in [0.5, 0.6) is 0 Å². The molecule has 1 atom stereocenters. The molecule has 0 spiro atoms. The highest BCUT2D eigenvalue weighted by Crippen LogP contribution is 2.40. The van der Waals surface area contributed by atoms with Gasteiger partial charge >= 0.3 is 6.18 Å². The predicted molar refractivity (Wildman–Crippen MR) is 167 cm³/mol. The first-order chi connectivity index (χ1) is 21.7. The number of amides is 1. The Kier molecular flexibility index (Phi) is 11.0. The lowest BCUT2D eigenvalue weighted by molar-refractivity contribution is -0.139. The first kappa shape index (κ1) is 35.1. The fourth-order valence-corrected chi connectivity index (χ4v) is 8.43. The number of alkyl halides is 4. The second kappa shape index (κ2) is 14.5. The Labute approximate surface area is 271 Å². The number of sulfonamides is 1. The zero-order chi connectivity index (χ0) is 33.2. The van der Waals surface area contributed by atoms with Gasteiger partial charge in [0.05, 0.1) is 30.2 Å². The SMILES string of the molecule is CS(=O)(=O)N1CCc2c(c(-c3ccc(C(F)(F)F)c(SCCN4CCC(F)CC4)c3)nn2CC(O)CN2CCC(C(N)=O)CC2)C1. The second-order valence-electron chi connectivity index (χ2n) is 12.5. The van der Waals surface area contributed by atoms with Gasteiger partial charge < -0.3 is 20.6 Å². The number of likely N-dealkylation sites (tertiary alicyclic amines) is 2. The van der Waals surface area contributed by atoms with Crippen LogP contribution in [0.15, 0.2) is 23.1 Å². The molecule has 0 aliphatic carbocycles. The average molecular weight is 691 g/mol. The number of rotatable bonds is 11. The topological polar surface area (TPSA) is 125 Å². The number of hydrogen-bond acceptors (Lipinski definition) is 8. The molecule has 3 aliphatic rings. The molecule has 10 nitrogen and oxygen atoms in total. The second-order valence-corrected chi connectivity index (χ2v) is 15.6. The Morgan fingerprint density at radius 1 is 1.09 bits per heavy atom. The summed E-state index contributed by atoms with van der Waals surface area (Å²) in [5.41, 5.74) is 6.85. The summed E-state index contributed by atoms with van der Waals surface area (Å²) >= 11 is 1.09. The molecule has 5 rings (SSSR count). The molecule has 3 N–H and O–H groups in total. The number of fused-ring (bicyclic) bond motifs is 1. The normalized spacial score (nSPS) is 20.6. The monoisotopic (exact) mass is 690 g/mol. The maximum absolute atomic E-state index is 14.1. The number of β-amino-alcohol motifs (C(OH)–C–C–N with tert-alkyl or cyclic N) is 1. The smallest absolute Gasteiger partial charge is 0.390 e. The Morgan fingerprint density at radius 2 is 1.76 bits per heavy atom. The maximum atomic E-state index is 14.1. The molecule has 1 unspecified atom stereocenters. The number of nitrogens with two attached hydrogens (primary N) is 1. The van der Waals surface area contributed by atoms with Gasteiger partial charge in [-0.1, -0.05) is 6.07 Å². The van der Waals surface area contributed by atoms with E-state index in [1.165, 1.54) is 16.4 Å². The van der Waals surface area contributed by atoms with Crippen LogP contribution >= 0.6 is 11.8 Å². The molecule has 2 fully saturated rings. The number of aliphatic hydroxyl groups excluding tert-OH is 1. The minimum Gasteiger partial charge on any atom is -0.390 e. The fourth-order valence-electron chi connectivity index (χ4n) is 6.52. The van der Waals surface area contributed by atoms with Gasteiger partial charge in [-0.15, -0.1) is 11.8 Å². The molecule has 2 saturated heterocycles. The third-order valence-electron chi connectivity index (χ3n) is 9.15. The highest BCUT2D eigenvalue weighted by Gasteiger charge is 2.35. The van der Waals surface area contributed by atoms with Crippen LogP contribution < -0.4 is 5.73 Å². The summed E-state index contributed by atoms with van der Waals surface area (Å²) in [6.07, 6.45) is -2.68. The summed E-state index contributed by atoms with van der Waals surface area (Å²) in [6.45, 7) is 3.63. The third kappa shape index (κ3) is 8.61. The van der Waals surface area contributed by atoms with Crippen molar-refractivity contribution in [2.45, 2.75) is 68.5 Å². The van der Waals surface area contributed by atoms with E-state index < -0.39 is 34.0 Å². The average Bonchev–Trinajstić information content (AvgIpc) is 3.34. The lowest BCUT2D eigenvalue weighted by Crippen LogP contribution is -2.43. The Hall–Kier alpha value is -2.24. The van der Waals surface area contributed by atoms with Crippen LogP contribution in [-0.4, -0.2) is 113 Å². The molecule has 0 bridgehead atoms. The number of piperidine rings is 2. The standard InChI is InChI=1S/C30H42F4N6O4S2/c1-46(43,44)39-13-8-26-24(19-39)28(36-40(26)18-23(41)17-38-9-4-20(5-10-38)29(35)42)21-2-3-25(30(32,33)34)27(16-21)45-15-14-37-11-6-22(31)7-12-37/h2-3,16,20,22-23,41H,4-15,17-19H2,1H3,(H2,35,42). The van der Waals surface area contributed by atoms with Gasteiger partial charge in [0, 0.05) is 79.1 Å². The number of nitrogens with zero attached hydrogens (tertiary/aromatic N) is 5. The van der Waals surface area contributed by atoms with Crippen molar-refractivity contribution in [3.8, 4) is 11.3 Å². The Morgan fingerprint density at radius 3 is 2.39 bits per heavy atom. The summed E-state index contributed by atoms with van der Waals surface area (Å²) in [6, 6.07) is 3.87. The van der Waals surface area contributed by atoms with E-state index in [4.69, 9.17) is 10.8 Å². The van der Waals surface area contributed by atoms with Crippen molar-refractivity contribution in [1.82, 2.24) is 23.9 Å². The lowest BCUT2D eigenvalue weighted by atomic mass is 9.96. The van der Waals surface area contributed by atoms with Crippen molar-refractivity contribution in [1.29, 1.82) is 0 Å². The minimum absolute atomic E-state index is 0.0221. The van der Waals surface area contributed by atoms with Crippen LogP contribution in [0.3, 0.4) is 0 Å². The highest BCUT2D eigenvalue weighted by molar-refractivity contribution is 7.99. The molecule has 1 amide bonds. The van der Waals surface area contributed by atoms with Gasteiger partial charge in [-0.2, -0.15) is 22.6 Å². The molecule has 256 valence electrons. The molecule has 16 heteroatoms. The predicted octanol–water partition coefficient (Wildman–Crippen LogP) is 2.97. The van der Waals surface area contributed by atoms with Gasteiger partial charge in [0.2, 0.25) is 15.9 Å². The molecule has 46 heavy (non-hydrogen) atoms. The van der Waals surface area contributed by atoms with Crippen LogP contribution in [0.4, 0.5) is 17.6 Å². The summed E-state index contributed by atoms with van der Waals surface area (Å²) in [5.74, 6) is -0.101. The fraction of sp³-hybridized carbons (Fsp3) is 0.667. The third-order valence-corrected chi connectivity index (χ3v) is 11.4. The van der Waals surface area contributed by atoms with Gasteiger partial charge in [0.15, 0.2) is 0 Å². The largest absolute Gasteiger partial charge is 0.417 e. The Balaban J connectivity index is 1.39. The van der Waals surface area contributed by atoms with Gasteiger partial charge in [0.1, 0.15) is 6.17 Å². The number of halogens is 4. The van der Waals surface area contributed by atoms with Crippen molar-refractivity contribution >= 4 is 27.7 Å². The molecule has 2 aromatic rings. The molecular weight excluding hydrogens is 648 g/mol. The molecular formula is C30H42F4N6O4S2. The van der Waals surface area contributed by atoms with E-state index in [0.717, 1.165) is 29.8 Å². The van der Waals surface area contributed by atoms with E-state index in [0.29, 0.717) is 93.9 Å². The number of hydrogen-bond donors (Lipinski definition) is 2. The van der Waals surface area contributed by atoms with Crippen LogP contribution in [0, 0.1) is 5.92 Å². The quantitative estimate of drug-likeness (QED) is 0.273. The maximum Gasteiger partial charge on any atom is 0.417 e. The highest BCUT2D eigenvalue weighted by atomic mass is 32.2. The summed E-state index contributed by atoms with van der Waals surface area (Å²) in [4.78, 5) is 15.7. The summed E-state index contributed by atoms with van der Waals surface area (Å²) < 4.78 is 83.6. The van der Waals surface area contributed by atoms with Crippen LogP contribution in [0.25, 0.3) is 11.3 Å². The molecule has 3 aliphatic heterocycles. The number of aliphatic hydroxyl groups is 1. The Bertz CT molecular complexity index is 1490. The summed E-state index contributed by atoms with van der Waals surface area (Å²) in [7, 11) is -3.55. The lowest BCUT2D eigenvalue weighted by Gasteiger charge is -2.32. The van der Waals surface area contributed by atoms with Crippen molar-refractivity contribution in [2.75, 3.05) is 57.8 Å². The molecule has 1 aromatic carbocycles. The number of aromatic nitrogens is 2. The number of carbonyl (C=O) groups is 1. The van der Waals surface area contributed by atoms with Crippen molar-refractivity contribution in [3.05, 3.63) is 35.0 Å². The van der Waals surface area contributed by atoms with Gasteiger partial charge in [-0.3, -0.25) is 9.48 Å². The van der Waals surface area contributed by atoms with E-state index in [1.54, 1.807) is 4.68 Å². The number of thioether (sulfide) groups is 1. The number of carbonyl (C=O) groups excluding carboxylic acids is 1. The van der Waals surface area contributed by atoms with E-state index in [9.17, 15) is 35.9 Å². The van der Waals surface area contributed by atoms with Crippen molar-refractivity contribution < 1.29 is 35.9 Å². The van der Waals surface area contributed by atoms with Crippen LogP contribution in [0.2, 0.25) is 0 Å². The van der Waals surface area contributed by atoms with Crippen LogP contribution in [0.1, 0.15) is 42.5 Å². The molecule has 1 aromatic heterocycles. The van der Waals surface area contributed by atoms with E-state index in [1.807, 2.05) is 0 Å². The number of benzene rings is 1. The minimum atomic E-state index is -4.57. The van der Waals surface area contributed by atoms with Crippen molar-refractivity contribution in [2.24, 2.45) is 11.7 Å². The summed E-state index contributed by atoms with van der Waals surface area (Å²) in [5, 5.41) is 15.8. The van der Waals surface area contributed by atoms with Gasteiger partial charge in [0.25, 0.3) is 0 Å². The van der Waals surface area contributed by atoms with Gasteiger partial charge in [-0.25, -0.2) is 12.8 Å². The first-order valence-electron chi connectivity index (χ1n) is 15.6.